The Labute approximate surface area is 342 Å². The fourth-order valence-electron chi connectivity index (χ4n) is 8.11. The number of benzene rings is 1. The number of nitrogens with one attached hydrogen (secondary N) is 3. The van der Waals surface area contributed by atoms with Crippen molar-refractivity contribution in [2.45, 2.75) is 147 Å². The van der Waals surface area contributed by atoms with Crippen LogP contribution >= 0.6 is 0 Å². The van der Waals surface area contributed by atoms with E-state index < -0.39 is 98.8 Å². The molecule has 0 unspecified atom stereocenters. The van der Waals surface area contributed by atoms with Gasteiger partial charge in [-0.3, -0.25) is 14.4 Å². The number of fused-ring (bicyclic) bond motifs is 4. The van der Waals surface area contributed by atoms with Gasteiger partial charge in [-0.1, -0.05) is 47.0 Å². The second kappa shape index (κ2) is 16.9. The highest BCUT2D eigenvalue weighted by Crippen LogP contribution is 2.50. The number of hydrogen-bond acceptors (Lipinski definition) is 11. The average Bonchev–Trinajstić information content (AvgIpc) is 4.07. The maximum Gasteiger partial charge on any atom is 0.408 e. The zero-order valence-electron chi connectivity index (χ0n) is 34.3. The van der Waals surface area contributed by atoms with Gasteiger partial charge < -0.3 is 29.7 Å². The van der Waals surface area contributed by atoms with E-state index in [2.05, 4.69) is 10.6 Å². The zero-order chi connectivity index (χ0) is 43.1. The van der Waals surface area contributed by atoms with Crippen molar-refractivity contribution in [3.05, 3.63) is 23.9 Å². The van der Waals surface area contributed by atoms with Crippen molar-refractivity contribution in [3.8, 4) is 11.6 Å². The number of alkyl carbamates (subject to hydrolysis) is 1. The van der Waals surface area contributed by atoms with Gasteiger partial charge in [0.25, 0.3) is 15.9 Å². The zero-order valence-corrected chi connectivity index (χ0v) is 35.1. The number of alkyl halides is 3. The average molecular weight is 853 g/mol. The number of aromatic nitrogens is 2. The first-order valence-electron chi connectivity index (χ1n) is 20.4. The van der Waals surface area contributed by atoms with Gasteiger partial charge in [0.2, 0.25) is 29.1 Å². The first kappa shape index (κ1) is 44.1. The fourth-order valence-corrected chi connectivity index (χ4v) is 9.36. The Morgan fingerprint density at radius 3 is 2.39 bits per heavy atom. The summed E-state index contributed by atoms with van der Waals surface area (Å²) in [5.41, 5.74) is -1.75. The van der Waals surface area contributed by atoms with Crippen LogP contribution in [0, 0.1) is 17.3 Å². The molecule has 0 radical (unpaired) electrons. The van der Waals surface area contributed by atoms with Crippen molar-refractivity contribution in [1.82, 2.24) is 30.2 Å². The lowest BCUT2D eigenvalue weighted by atomic mass is 9.85. The van der Waals surface area contributed by atoms with Gasteiger partial charge in [0.15, 0.2) is 0 Å². The summed E-state index contributed by atoms with van der Waals surface area (Å²) in [4.78, 5) is 67.2. The summed E-state index contributed by atoms with van der Waals surface area (Å²) >= 11 is 0. The van der Waals surface area contributed by atoms with Crippen LogP contribution in [0.2, 0.25) is 0 Å². The molecule has 59 heavy (non-hydrogen) atoms. The molecule has 7 atom stereocenters. The van der Waals surface area contributed by atoms with Crippen molar-refractivity contribution in [3.63, 3.8) is 0 Å². The predicted octanol–water partition coefficient (Wildman–Crippen LogP) is 5.09. The van der Waals surface area contributed by atoms with Crippen molar-refractivity contribution >= 4 is 44.9 Å². The summed E-state index contributed by atoms with van der Waals surface area (Å²) < 4.78 is 88.1. The number of cyclic esters (lactones) is 1. The van der Waals surface area contributed by atoms with Crippen LogP contribution in [0.15, 0.2) is 18.2 Å². The summed E-state index contributed by atoms with van der Waals surface area (Å²) in [5, 5.41) is 2.36. The maximum atomic E-state index is 14.8. The molecule has 2 aliphatic heterocycles. The van der Waals surface area contributed by atoms with Crippen LogP contribution in [0.5, 0.6) is 11.6 Å². The standard InChI is InChI=1S/C40H55F3N6O9S/c1-7-24-29-21-49(30(24)33(50)47-40(20-25(40)32(41)42)36(52)48-59(54,55)39(43)17-18-39)35(51)31(38(3,4)5)46-37(53)57-22(2)13-11-9-8-10-12-14-27-34(58-29)45-28-19-23(56-6)15-16-26(28)44-27/h15-16,19,22,24-25,29-32H,7-14,17-18,20-21H2,1-6H3,(H,46,53)(H,47,50)(H,48,52)/t22-,24+,25-,29-,30-,31+,40+/m0/s1. The molecule has 2 aliphatic carbocycles. The Bertz CT molecular complexity index is 2050. The SMILES string of the molecule is CC[C@@H]1[C@@H]2CN(C(=O)[C@H](C(C)(C)C)NC(=O)O[C@@H](C)CCCCCCCc3nc4ccc(OC)cc4nc3O2)[C@@H]1C(=O)N[C@]1(C(=O)NS(=O)(=O)C2(F)CC2)C[C@H]1C(F)F. The molecule has 3 N–H and O–H groups in total. The summed E-state index contributed by atoms with van der Waals surface area (Å²) in [5.74, 6) is -5.19. The molecule has 1 aromatic heterocycles. The predicted molar refractivity (Wildman–Crippen MR) is 209 cm³/mol. The smallest absolute Gasteiger partial charge is 0.408 e. The third kappa shape index (κ3) is 9.33. The number of ether oxygens (including phenoxy) is 3. The number of hydrogen-bond donors (Lipinski definition) is 3. The summed E-state index contributed by atoms with van der Waals surface area (Å²) in [6.45, 7) is 8.41. The van der Waals surface area contributed by atoms with Gasteiger partial charge in [-0.15, -0.1) is 0 Å². The molecule has 2 bridgehead atoms. The second-order valence-corrected chi connectivity index (χ2v) is 19.3. The number of methoxy groups -OCH3 is 1. The van der Waals surface area contributed by atoms with Crippen LogP contribution in [-0.4, -0.2) is 102 Å². The van der Waals surface area contributed by atoms with E-state index >= 15 is 0 Å². The molecule has 3 heterocycles. The van der Waals surface area contributed by atoms with Gasteiger partial charge in [-0.2, -0.15) is 0 Å². The van der Waals surface area contributed by atoms with Gasteiger partial charge in [-0.05, 0) is 63.0 Å². The van der Waals surface area contributed by atoms with Gasteiger partial charge in [0, 0.05) is 24.8 Å². The molecule has 1 saturated heterocycles. The van der Waals surface area contributed by atoms with Gasteiger partial charge in [-0.25, -0.2) is 41.1 Å². The molecule has 19 heteroatoms. The number of amides is 4. The second-order valence-electron chi connectivity index (χ2n) is 17.4. The highest BCUT2D eigenvalue weighted by Gasteiger charge is 2.68. The molecule has 3 fully saturated rings. The number of aryl methyl sites for hydroxylation is 1. The Balaban J connectivity index is 1.41. The molecule has 0 spiro atoms. The highest BCUT2D eigenvalue weighted by molar-refractivity contribution is 7.91. The van der Waals surface area contributed by atoms with Gasteiger partial charge >= 0.3 is 6.09 Å². The molecule has 6 rings (SSSR count). The van der Waals surface area contributed by atoms with Crippen molar-refractivity contribution in [1.29, 1.82) is 0 Å². The van der Waals surface area contributed by atoms with Crippen LogP contribution in [0.25, 0.3) is 11.0 Å². The van der Waals surface area contributed by atoms with Gasteiger partial charge in [0.1, 0.15) is 41.3 Å². The number of carbonyl (C=O) groups is 4. The Hall–Kier alpha value is -4.42. The van der Waals surface area contributed by atoms with Crippen LogP contribution in [0.4, 0.5) is 18.0 Å². The molecule has 1 aromatic carbocycles. The normalized spacial score (nSPS) is 29.2. The number of carbonyl (C=O) groups excluding carboxylic acids is 4. The fraction of sp³-hybridized carbons (Fsp3) is 0.700. The molecule has 326 valence electrons. The van der Waals surface area contributed by atoms with E-state index in [0.717, 1.165) is 32.1 Å². The van der Waals surface area contributed by atoms with E-state index in [1.807, 2.05) is 0 Å². The highest BCUT2D eigenvalue weighted by atomic mass is 32.2. The number of nitrogens with zero attached hydrogens (tertiary/aromatic N) is 3. The van der Waals surface area contributed by atoms with Crippen LogP contribution in [0.3, 0.4) is 0 Å². The monoisotopic (exact) mass is 852 g/mol. The summed E-state index contributed by atoms with van der Waals surface area (Å²) in [6.07, 6.45) is -1.24. The maximum absolute atomic E-state index is 14.8. The number of halogens is 3. The van der Waals surface area contributed by atoms with Crippen LogP contribution in [-0.2, 0) is 35.6 Å². The van der Waals surface area contributed by atoms with E-state index in [0.29, 0.717) is 35.3 Å². The van der Waals surface area contributed by atoms with E-state index in [1.54, 1.807) is 57.5 Å². The first-order valence-corrected chi connectivity index (χ1v) is 21.9. The van der Waals surface area contributed by atoms with Crippen molar-refractivity contribution < 1.29 is 55.0 Å². The van der Waals surface area contributed by atoms with Crippen LogP contribution in [0.1, 0.15) is 105 Å². The van der Waals surface area contributed by atoms with E-state index in [1.165, 1.54) is 12.0 Å². The Morgan fingerprint density at radius 1 is 1.07 bits per heavy atom. The lowest BCUT2D eigenvalue weighted by Crippen LogP contribution is -2.61. The number of sulfonamides is 1. The first-order chi connectivity index (χ1) is 27.7. The third-order valence-corrected chi connectivity index (χ3v) is 13.7. The Kier molecular flexibility index (Phi) is 12.7. The minimum absolute atomic E-state index is 0.171. The molecule has 2 saturated carbocycles. The van der Waals surface area contributed by atoms with E-state index in [4.69, 9.17) is 24.2 Å². The van der Waals surface area contributed by atoms with Crippen molar-refractivity contribution in [2.75, 3.05) is 13.7 Å². The third-order valence-electron chi connectivity index (χ3n) is 11.9. The molecule has 4 amide bonds. The molecular weight excluding hydrogens is 798 g/mol. The van der Waals surface area contributed by atoms with Crippen molar-refractivity contribution in [2.24, 2.45) is 17.3 Å². The van der Waals surface area contributed by atoms with Crippen LogP contribution < -0.4 is 24.8 Å². The summed E-state index contributed by atoms with van der Waals surface area (Å²) in [7, 11) is -3.40. The molecule has 15 nitrogen and oxygen atoms in total. The van der Waals surface area contributed by atoms with E-state index in [9.17, 15) is 40.8 Å². The van der Waals surface area contributed by atoms with E-state index in [-0.39, 0.29) is 31.7 Å². The Morgan fingerprint density at radius 2 is 1.76 bits per heavy atom. The largest absolute Gasteiger partial charge is 0.497 e. The molecule has 2 aromatic rings. The molecule has 4 aliphatic rings. The lowest BCUT2D eigenvalue weighted by Gasteiger charge is -2.36. The topological polar surface area (TPSA) is 195 Å². The van der Waals surface area contributed by atoms with Gasteiger partial charge in [0.05, 0.1) is 30.6 Å². The minimum atomic E-state index is -4.91. The lowest BCUT2D eigenvalue weighted by molar-refractivity contribution is -0.144. The quantitative estimate of drug-likeness (QED) is 0.320. The number of rotatable bonds is 8. The minimum Gasteiger partial charge on any atom is -0.497 e. The molecular formula is C40H55F3N6O9S. The summed E-state index contributed by atoms with van der Waals surface area (Å²) in [6, 6.07) is 2.51.